The number of carbonyl (C=O) groups excluding carboxylic acids is 1. The van der Waals surface area contributed by atoms with Gasteiger partial charge < -0.3 is 9.47 Å². The first-order valence-electron chi connectivity index (χ1n) is 9.73. The summed E-state index contributed by atoms with van der Waals surface area (Å²) in [7, 11) is 0. The van der Waals surface area contributed by atoms with E-state index in [9.17, 15) is 4.79 Å². The molecule has 0 saturated carbocycles. The quantitative estimate of drug-likeness (QED) is 0.306. The number of hydrogen-bond acceptors (Lipinski definition) is 3. The number of aryl methyl sites for hydroxylation is 1. The Hall–Kier alpha value is -3.07. The second-order valence-electron chi connectivity index (χ2n) is 7.46. The predicted molar refractivity (Wildman–Crippen MR) is 112 cm³/mol. The Labute approximate surface area is 165 Å². The van der Waals surface area contributed by atoms with E-state index >= 15 is 0 Å². The Morgan fingerprint density at radius 1 is 0.929 bits per heavy atom. The van der Waals surface area contributed by atoms with Crippen molar-refractivity contribution in [1.29, 1.82) is 0 Å². The maximum Gasteiger partial charge on any atom is 0.338 e. The summed E-state index contributed by atoms with van der Waals surface area (Å²) in [5, 5.41) is 1.89. The molecule has 0 radical (unpaired) electrons. The van der Waals surface area contributed by atoms with Crippen LogP contribution in [-0.4, -0.2) is 5.97 Å². The number of carbonyl (C=O) groups is 1. The Balaban J connectivity index is 1.97. The first-order valence-corrected chi connectivity index (χ1v) is 9.73. The summed E-state index contributed by atoms with van der Waals surface area (Å²) in [6.45, 7) is 7.47. The molecule has 1 aliphatic carbocycles. The van der Waals surface area contributed by atoms with Crippen LogP contribution >= 0.6 is 0 Å². The molecular formula is C25H24O3. The minimum Gasteiger partial charge on any atom is -0.456 e. The summed E-state index contributed by atoms with van der Waals surface area (Å²) < 4.78 is 12.2. The number of ether oxygens (including phenoxy) is 2. The zero-order chi connectivity index (χ0) is 19.7. The summed E-state index contributed by atoms with van der Waals surface area (Å²) in [6, 6.07) is 16.0. The van der Waals surface area contributed by atoms with E-state index in [1.54, 1.807) is 6.92 Å². The largest absolute Gasteiger partial charge is 0.456 e. The topological polar surface area (TPSA) is 35.5 Å². The molecule has 0 spiro atoms. The average molecular weight is 372 g/mol. The lowest BCUT2D eigenvalue weighted by atomic mass is 9.86. The van der Waals surface area contributed by atoms with Crippen molar-refractivity contribution in [2.24, 2.45) is 0 Å². The summed E-state index contributed by atoms with van der Waals surface area (Å²) >= 11 is 0. The molecule has 3 nitrogen and oxygen atoms in total. The molecule has 0 heterocycles. The van der Waals surface area contributed by atoms with Gasteiger partial charge in [-0.25, -0.2) is 4.79 Å². The maximum absolute atomic E-state index is 12.3. The highest BCUT2D eigenvalue weighted by atomic mass is 16.5. The van der Waals surface area contributed by atoms with Crippen molar-refractivity contribution >= 4 is 16.7 Å². The van der Waals surface area contributed by atoms with Gasteiger partial charge in [0.25, 0.3) is 0 Å². The van der Waals surface area contributed by atoms with Crippen LogP contribution in [0.25, 0.3) is 10.8 Å². The molecule has 4 rings (SSSR count). The smallest absolute Gasteiger partial charge is 0.338 e. The molecule has 3 aromatic carbocycles. The zero-order valence-corrected chi connectivity index (χ0v) is 16.4. The van der Waals surface area contributed by atoms with Crippen LogP contribution in [0, 0.1) is 6.92 Å². The van der Waals surface area contributed by atoms with E-state index in [1.165, 1.54) is 0 Å². The molecule has 0 N–H and O–H groups in total. The lowest BCUT2D eigenvalue weighted by Gasteiger charge is -2.25. The van der Waals surface area contributed by atoms with Gasteiger partial charge in [-0.1, -0.05) is 42.5 Å². The van der Waals surface area contributed by atoms with Gasteiger partial charge in [0.2, 0.25) is 0 Å². The number of hydrogen-bond donors (Lipinski definition) is 0. The average Bonchev–Trinajstić information content (AvgIpc) is 2.71. The molecule has 142 valence electrons. The van der Waals surface area contributed by atoms with Crippen LogP contribution in [0.3, 0.4) is 0 Å². The third-order valence-corrected chi connectivity index (χ3v) is 5.19. The minimum atomic E-state index is -0.383. The van der Waals surface area contributed by atoms with Crippen LogP contribution in [-0.2, 0) is 17.6 Å². The molecule has 0 bridgehead atoms. The van der Waals surface area contributed by atoms with Gasteiger partial charge in [0, 0.05) is 27.5 Å². The Morgan fingerprint density at radius 3 is 2.29 bits per heavy atom. The normalized spacial score (nSPS) is 13.1. The molecule has 3 aromatic rings. The fourth-order valence-electron chi connectivity index (χ4n) is 3.79. The van der Waals surface area contributed by atoms with Gasteiger partial charge in [0.1, 0.15) is 17.2 Å². The lowest BCUT2D eigenvalue weighted by Crippen LogP contribution is -2.14. The van der Waals surface area contributed by atoms with E-state index in [2.05, 4.69) is 19.6 Å². The van der Waals surface area contributed by atoms with Gasteiger partial charge >= 0.3 is 5.97 Å². The molecule has 0 fully saturated rings. The Kier molecular flexibility index (Phi) is 4.91. The summed E-state index contributed by atoms with van der Waals surface area (Å²) in [5.74, 6) is 1.98. The monoisotopic (exact) mass is 372 g/mol. The standard InChI is InChI=1S/C25H24O3/c1-16(2)25(26)28-23-19-11-7-8-12-20(19)24(27-18-9-5-4-6-10-18)22-15-17(3)13-14-21(22)23/h4-6,9-10,13-15H,1,7-8,11-12H2,2-3H3. The second-order valence-corrected chi connectivity index (χ2v) is 7.46. The molecule has 3 heteroatoms. The van der Waals surface area contributed by atoms with Crippen molar-refractivity contribution < 1.29 is 14.3 Å². The Bertz CT molecular complexity index is 1060. The highest BCUT2D eigenvalue weighted by Crippen LogP contribution is 2.46. The Morgan fingerprint density at radius 2 is 1.61 bits per heavy atom. The molecule has 0 saturated heterocycles. The highest BCUT2D eigenvalue weighted by molar-refractivity contribution is 5.99. The van der Waals surface area contributed by atoms with Gasteiger partial charge in [-0.15, -0.1) is 0 Å². The van der Waals surface area contributed by atoms with E-state index in [0.717, 1.165) is 64.6 Å². The third kappa shape index (κ3) is 3.40. The predicted octanol–water partition coefficient (Wildman–Crippen LogP) is 6.30. The molecule has 0 unspecified atom stereocenters. The highest BCUT2D eigenvalue weighted by Gasteiger charge is 2.25. The number of rotatable bonds is 4. The van der Waals surface area contributed by atoms with Crippen LogP contribution in [0.15, 0.2) is 60.7 Å². The number of para-hydroxylation sites is 1. The minimum absolute atomic E-state index is 0.383. The zero-order valence-electron chi connectivity index (χ0n) is 16.4. The van der Waals surface area contributed by atoms with Crippen molar-refractivity contribution in [3.05, 3.63) is 77.4 Å². The van der Waals surface area contributed by atoms with Gasteiger partial charge in [0.05, 0.1) is 0 Å². The van der Waals surface area contributed by atoms with E-state index < -0.39 is 0 Å². The van der Waals surface area contributed by atoms with Crippen molar-refractivity contribution in [2.45, 2.75) is 39.5 Å². The van der Waals surface area contributed by atoms with Gasteiger partial charge in [0.15, 0.2) is 0 Å². The summed E-state index contributed by atoms with van der Waals surface area (Å²) in [6.07, 6.45) is 3.97. The molecule has 0 aliphatic heterocycles. The number of benzene rings is 3. The first kappa shape index (κ1) is 18.3. The number of fused-ring (bicyclic) bond motifs is 2. The molecular weight excluding hydrogens is 348 g/mol. The fourth-order valence-corrected chi connectivity index (χ4v) is 3.79. The molecule has 28 heavy (non-hydrogen) atoms. The van der Waals surface area contributed by atoms with Crippen LogP contribution in [0.5, 0.6) is 17.2 Å². The van der Waals surface area contributed by atoms with Crippen molar-refractivity contribution in [2.75, 3.05) is 0 Å². The SMILES string of the molecule is C=C(C)C(=O)Oc1c2c(c(Oc3ccccc3)c3cc(C)ccc13)CCCC2. The lowest BCUT2D eigenvalue weighted by molar-refractivity contribution is -0.130. The maximum atomic E-state index is 12.3. The van der Waals surface area contributed by atoms with E-state index in [-0.39, 0.29) is 5.97 Å². The van der Waals surface area contributed by atoms with E-state index in [0.29, 0.717) is 11.3 Å². The van der Waals surface area contributed by atoms with Crippen LogP contribution in [0.1, 0.15) is 36.5 Å². The molecule has 0 aromatic heterocycles. The summed E-state index contributed by atoms with van der Waals surface area (Å²) in [4.78, 5) is 12.3. The van der Waals surface area contributed by atoms with Crippen LogP contribution in [0.2, 0.25) is 0 Å². The van der Waals surface area contributed by atoms with Crippen LogP contribution < -0.4 is 9.47 Å². The summed E-state index contributed by atoms with van der Waals surface area (Å²) in [5.41, 5.74) is 3.77. The van der Waals surface area contributed by atoms with Gasteiger partial charge in [-0.3, -0.25) is 0 Å². The first-order chi connectivity index (χ1) is 13.5. The second kappa shape index (κ2) is 7.51. The molecule has 1 aliphatic rings. The fraction of sp³-hybridized carbons (Fsp3) is 0.240. The molecule has 0 atom stereocenters. The van der Waals surface area contributed by atoms with Gasteiger partial charge in [-0.2, -0.15) is 0 Å². The number of esters is 1. The van der Waals surface area contributed by atoms with Crippen LogP contribution in [0.4, 0.5) is 0 Å². The third-order valence-electron chi connectivity index (χ3n) is 5.19. The van der Waals surface area contributed by atoms with Crippen molar-refractivity contribution in [3.63, 3.8) is 0 Å². The van der Waals surface area contributed by atoms with E-state index in [1.807, 2.05) is 42.5 Å². The van der Waals surface area contributed by atoms with Crippen molar-refractivity contribution in [1.82, 2.24) is 0 Å². The van der Waals surface area contributed by atoms with Crippen molar-refractivity contribution in [3.8, 4) is 17.2 Å². The van der Waals surface area contributed by atoms with Gasteiger partial charge in [-0.05, 0) is 57.7 Å². The van der Waals surface area contributed by atoms with E-state index in [4.69, 9.17) is 9.47 Å². The molecule has 0 amide bonds.